The van der Waals surface area contributed by atoms with Gasteiger partial charge in [-0.05, 0) is 25.1 Å². The average Bonchev–Trinajstić information content (AvgIpc) is 3.06. The van der Waals surface area contributed by atoms with Gasteiger partial charge in [0.2, 0.25) is 0 Å². The first-order chi connectivity index (χ1) is 12.1. The third-order valence-electron chi connectivity index (χ3n) is 4.63. The van der Waals surface area contributed by atoms with Crippen molar-refractivity contribution in [1.82, 2.24) is 19.9 Å². The number of hydrogen-bond acceptors (Lipinski definition) is 4. The summed E-state index contributed by atoms with van der Waals surface area (Å²) in [5.74, 6) is 1.71. The Labute approximate surface area is 152 Å². The largest absolute Gasteiger partial charge is 0.372 e. The molecule has 6 heteroatoms. The molecule has 2 aromatic heterocycles. The van der Waals surface area contributed by atoms with Crippen molar-refractivity contribution >= 4 is 28.5 Å². The molecule has 0 unspecified atom stereocenters. The van der Waals surface area contributed by atoms with Crippen molar-refractivity contribution in [1.29, 1.82) is 0 Å². The van der Waals surface area contributed by atoms with Gasteiger partial charge in [-0.3, -0.25) is 0 Å². The number of piperazine rings is 1. The van der Waals surface area contributed by atoms with E-state index in [0.29, 0.717) is 5.02 Å². The number of imidazole rings is 1. The van der Waals surface area contributed by atoms with Gasteiger partial charge in [-0.2, -0.15) is 0 Å². The molecule has 3 aromatic rings. The summed E-state index contributed by atoms with van der Waals surface area (Å²) in [4.78, 5) is 17.1. The van der Waals surface area contributed by atoms with Gasteiger partial charge < -0.3 is 14.8 Å². The fraction of sp³-hybridized carbons (Fsp3) is 0.263. The molecule has 1 saturated heterocycles. The molecule has 3 heterocycles. The van der Waals surface area contributed by atoms with Crippen LogP contribution >= 0.6 is 11.6 Å². The Kier molecular flexibility index (Phi) is 4.09. The van der Waals surface area contributed by atoms with Gasteiger partial charge in [-0.1, -0.05) is 30.3 Å². The Morgan fingerprint density at radius 2 is 1.96 bits per heavy atom. The normalized spacial score (nSPS) is 15.0. The van der Waals surface area contributed by atoms with E-state index in [1.165, 1.54) is 0 Å². The minimum Gasteiger partial charge on any atom is -0.372 e. The first-order valence-electron chi connectivity index (χ1n) is 8.38. The lowest BCUT2D eigenvalue weighted by Crippen LogP contribution is -2.45. The molecule has 0 amide bonds. The summed E-state index contributed by atoms with van der Waals surface area (Å²) < 4.78 is 0. The zero-order valence-corrected chi connectivity index (χ0v) is 14.9. The zero-order chi connectivity index (χ0) is 17.4. The second kappa shape index (κ2) is 6.41. The maximum Gasteiger partial charge on any atom is 0.140 e. The molecular formula is C19H20ClN5. The molecule has 5 nitrogen and oxygen atoms in total. The number of benzene rings is 1. The number of rotatable bonds is 3. The van der Waals surface area contributed by atoms with Crippen LogP contribution in [0.3, 0.4) is 0 Å². The van der Waals surface area contributed by atoms with E-state index in [0.717, 1.165) is 60.1 Å². The average molecular weight is 354 g/mol. The number of para-hydroxylation sites is 2. The Hall–Kier alpha value is -2.53. The van der Waals surface area contributed by atoms with E-state index in [2.05, 4.69) is 38.3 Å². The Morgan fingerprint density at radius 1 is 1.20 bits per heavy atom. The molecule has 1 aromatic carbocycles. The molecule has 0 bridgehead atoms. The number of aromatic amines is 1. The molecule has 0 aliphatic carbocycles. The topological polar surface area (TPSA) is 48.0 Å². The molecule has 128 valence electrons. The number of pyridine rings is 1. The van der Waals surface area contributed by atoms with Gasteiger partial charge in [0.15, 0.2) is 0 Å². The lowest BCUT2D eigenvalue weighted by Gasteiger charge is -2.36. The van der Waals surface area contributed by atoms with Crippen molar-refractivity contribution in [3.8, 4) is 11.4 Å². The van der Waals surface area contributed by atoms with Crippen LogP contribution in [0.1, 0.15) is 6.92 Å². The highest BCUT2D eigenvalue weighted by Crippen LogP contribution is 2.30. The van der Waals surface area contributed by atoms with Crippen LogP contribution in [0.5, 0.6) is 0 Å². The van der Waals surface area contributed by atoms with Crippen LogP contribution in [0.4, 0.5) is 5.82 Å². The summed E-state index contributed by atoms with van der Waals surface area (Å²) in [6.45, 7) is 9.83. The van der Waals surface area contributed by atoms with E-state index >= 15 is 0 Å². The zero-order valence-electron chi connectivity index (χ0n) is 14.2. The van der Waals surface area contributed by atoms with Crippen molar-refractivity contribution < 1.29 is 0 Å². The first kappa shape index (κ1) is 16.0. The molecule has 1 fully saturated rings. The lowest BCUT2D eigenvalue weighted by molar-refractivity contribution is 0.322. The predicted octanol–water partition coefficient (Wildman–Crippen LogP) is 3.93. The van der Waals surface area contributed by atoms with Crippen LogP contribution in [0.25, 0.3) is 22.4 Å². The van der Waals surface area contributed by atoms with Gasteiger partial charge in [-0.15, -0.1) is 0 Å². The number of hydrogen-bond donors (Lipinski definition) is 1. The Balaban J connectivity index is 1.64. The number of fused-ring (bicyclic) bond motifs is 1. The molecule has 0 radical (unpaired) electrons. The van der Waals surface area contributed by atoms with Crippen LogP contribution in [-0.4, -0.2) is 46.0 Å². The van der Waals surface area contributed by atoms with Crippen LogP contribution in [0.15, 0.2) is 48.8 Å². The van der Waals surface area contributed by atoms with E-state index < -0.39 is 0 Å². The van der Waals surface area contributed by atoms with Gasteiger partial charge in [-0.25, -0.2) is 9.97 Å². The first-order valence-corrected chi connectivity index (χ1v) is 8.76. The lowest BCUT2D eigenvalue weighted by atomic mass is 10.2. The highest BCUT2D eigenvalue weighted by Gasteiger charge is 2.19. The maximum absolute atomic E-state index is 6.40. The molecule has 25 heavy (non-hydrogen) atoms. The number of nitrogens with one attached hydrogen (secondary N) is 1. The van der Waals surface area contributed by atoms with Crippen molar-refractivity contribution in [3.05, 3.63) is 53.8 Å². The van der Waals surface area contributed by atoms with Gasteiger partial charge in [0.1, 0.15) is 11.6 Å². The van der Waals surface area contributed by atoms with Gasteiger partial charge in [0.05, 0.1) is 16.1 Å². The summed E-state index contributed by atoms with van der Waals surface area (Å²) >= 11 is 6.40. The fourth-order valence-corrected chi connectivity index (χ4v) is 3.37. The smallest absolute Gasteiger partial charge is 0.140 e. The van der Waals surface area contributed by atoms with Crippen molar-refractivity contribution in [2.45, 2.75) is 6.92 Å². The summed E-state index contributed by atoms with van der Waals surface area (Å²) in [6, 6.07) is 10.00. The van der Waals surface area contributed by atoms with Gasteiger partial charge >= 0.3 is 0 Å². The predicted molar refractivity (Wildman–Crippen MR) is 103 cm³/mol. The van der Waals surface area contributed by atoms with Crippen LogP contribution in [-0.2, 0) is 0 Å². The van der Waals surface area contributed by atoms with Crippen molar-refractivity contribution in [2.75, 3.05) is 31.1 Å². The minimum atomic E-state index is 0.600. The monoisotopic (exact) mass is 353 g/mol. The highest BCUT2D eigenvalue weighted by atomic mass is 35.5. The van der Waals surface area contributed by atoms with Crippen LogP contribution in [0, 0.1) is 0 Å². The molecule has 1 aliphatic heterocycles. The molecule has 0 saturated carbocycles. The van der Waals surface area contributed by atoms with E-state index in [1.807, 2.05) is 30.3 Å². The van der Waals surface area contributed by atoms with E-state index in [-0.39, 0.29) is 0 Å². The van der Waals surface area contributed by atoms with Gasteiger partial charge in [0, 0.05) is 43.6 Å². The maximum atomic E-state index is 6.40. The second-order valence-corrected chi connectivity index (χ2v) is 6.74. The van der Waals surface area contributed by atoms with Crippen LogP contribution < -0.4 is 4.90 Å². The second-order valence-electron chi connectivity index (χ2n) is 6.33. The highest BCUT2D eigenvalue weighted by molar-refractivity contribution is 6.33. The molecule has 1 N–H and O–H groups in total. The molecular weight excluding hydrogens is 334 g/mol. The van der Waals surface area contributed by atoms with Crippen LogP contribution in [0.2, 0.25) is 5.02 Å². The van der Waals surface area contributed by atoms with Crippen molar-refractivity contribution in [2.24, 2.45) is 0 Å². The summed E-state index contributed by atoms with van der Waals surface area (Å²) in [6.07, 6.45) is 1.71. The molecule has 0 atom stereocenters. The Morgan fingerprint density at radius 3 is 2.68 bits per heavy atom. The SMILES string of the molecule is C=C(C)N1CCN(c2cc(-c3nc4ccccc4[nH]3)c(Cl)cn2)CC1. The summed E-state index contributed by atoms with van der Waals surface area (Å²) in [7, 11) is 0. The van der Waals surface area contributed by atoms with E-state index in [9.17, 15) is 0 Å². The third-order valence-corrected chi connectivity index (χ3v) is 4.93. The molecule has 0 spiro atoms. The molecule has 4 rings (SSSR count). The summed E-state index contributed by atoms with van der Waals surface area (Å²) in [5.41, 5.74) is 3.93. The number of nitrogens with zero attached hydrogens (tertiary/aromatic N) is 4. The quantitative estimate of drug-likeness (QED) is 0.775. The number of anilines is 1. The third kappa shape index (κ3) is 3.07. The number of allylic oxidation sites excluding steroid dienone is 1. The minimum absolute atomic E-state index is 0.600. The van der Waals surface area contributed by atoms with E-state index in [1.54, 1.807) is 6.20 Å². The number of aromatic nitrogens is 3. The Bertz CT molecular complexity index is 891. The number of H-pyrrole nitrogens is 1. The number of halogens is 1. The fourth-order valence-electron chi connectivity index (χ4n) is 3.18. The molecule has 1 aliphatic rings. The summed E-state index contributed by atoms with van der Waals surface area (Å²) in [5, 5.41) is 0.600. The van der Waals surface area contributed by atoms with E-state index in [4.69, 9.17) is 11.6 Å². The van der Waals surface area contributed by atoms with Gasteiger partial charge in [0.25, 0.3) is 0 Å². The standard InChI is InChI=1S/C19H20ClN5/c1-13(2)24-7-9-25(10-8-24)18-11-14(15(20)12-21-18)19-22-16-5-3-4-6-17(16)23-19/h3-6,11-12H,1,7-10H2,2H3,(H,22,23). The van der Waals surface area contributed by atoms with Crippen molar-refractivity contribution in [3.63, 3.8) is 0 Å².